The molecule has 3 aromatic carbocycles. The van der Waals surface area contributed by atoms with Gasteiger partial charge in [0.1, 0.15) is 30.3 Å². The van der Waals surface area contributed by atoms with Crippen LogP contribution in [0.5, 0.6) is 11.5 Å². The molecule has 3 rings (SSSR count). The number of ketones is 1. The van der Waals surface area contributed by atoms with Crippen LogP contribution in [0.2, 0.25) is 0 Å². The van der Waals surface area contributed by atoms with Crippen molar-refractivity contribution >= 4 is 5.78 Å². The molecule has 156 valence electrons. The summed E-state index contributed by atoms with van der Waals surface area (Å²) < 4.78 is 11.3. The zero-order chi connectivity index (χ0) is 21.3. The van der Waals surface area contributed by atoms with Crippen molar-refractivity contribution in [2.75, 3.05) is 6.61 Å². The fraction of sp³-hybridized carbons (Fsp3) is 0.240. The second-order valence-corrected chi connectivity index (χ2v) is 6.94. The Kier molecular flexibility index (Phi) is 7.60. The lowest BCUT2D eigenvalue weighted by molar-refractivity contribution is 0.0201. The Hall–Kier alpha value is -3.15. The Morgan fingerprint density at radius 3 is 2.23 bits per heavy atom. The fourth-order valence-electron chi connectivity index (χ4n) is 3.00. The molecule has 0 aliphatic rings. The third-order valence-electron chi connectivity index (χ3n) is 4.65. The number of hydrogen-bond acceptors (Lipinski definition) is 5. The van der Waals surface area contributed by atoms with Gasteiger partial charge in [-0.1, -0.05) is 61.5 Å². The predicted molar refractivity (Wildman–Crippen MR) is 115 cm³/mol. The Balaban J connectivity index is 1.70. The van der Waals surface area contributed by atoms with Crippen molar-refractivity contribution < 1.29 is 24.5 Å². The van der Waals surface area contributed by atoms with Crippen molar-refractivity contribution in [3.8, 4) is 11.5 Å². The summed E-state index contributed by atoms with van der Waals surface area (Å²) in [5.74, 6) is 0.437. The van der Waals surface area contributed by atoms with Crippen LogP contribution in [-0.4, -0.2) is 28.7 Å². The molecule has 5 heteroatoms. The summed E-state index contributed by atoms with van der Waals surface area (Å²) in [6.07, 6.45) is -2.09. The summed E-state index contributed by atoms with van der Waals surface area (Å²) in [5.41, 5.74) is 1.62. The number of carbonyl (C=O) groups excluding carboxylic acids is 1. The number of carbonyl (C=O) groups is 1. The van der Waals surface area contributed by atoms with Crippen LogP contribution in [-0.2, 0) is 6.61 Å². The number of rotatable bonds is 10. The van der Waals surface area contributed by atoms with Gasteiger partial charge in [0, 0.05) is 0 Å². The maximum absolute atomic E-state index is 12.9. The molecule has 0 amide bonds. The molecule has 0 aromatic heterocycles. The highest BCUT2D eigenvalue weighted by Crippen LogP contribution is 2.26. The van der Waals surface area contributed by atoms with E-state index in [1.165, 1.54) is 0 Å². The smallest absolute Gasteiger partial charge is 0.198 e. The van der Waals surface area contributed by atoms with E-state index in [1.807, 2.05) is 37.3 Å². The van der Waals surface area contributed by atoms with E-state index in [-0.39, 0.29) is 5.56 Å². The second-order valence-electron chi connectivity index (χ2n) is 6.94. The molecule has 0 saturated heterocycles. The van der Waals surface area contributed by atoms with Gasteiger partial charge in [-0.2, -0.15) is 0 Å². The summed E-state index contributed by atoms with van der Waals surface area (Å²) in [7, 11) is 0. The number of aliphatic hydroxyl groups is 2. The Bertz CT molecular complexity index is 937. The molecule has 0 fully saturated rings. The minimum absolute atomic E-state index is 0.225. The lowest BCUT2D eigenvalue weighted by atomic mass is 9.96. The predicted octanol–water partition coefficient (Wildman–Crippen LogP) is 4.33. The van der Waals surface area contributed by atoms with Gasteiger partial charge in [-0.3, -0.25) is 4.79 Å². The van der Waals surface area contributed by atoms with Crippen LogP contribution in [0.3, 0.4) is 0 Å². The van der Waals surface area contributed by atoms with Gasteiger partial charge >= 0.3 is 0 Å². The monoisotopic (exact) mass is 406 g/mol. The maximum Gasteiger partial charge on any atom is 0.198 e. The molecule has 0 aliphatic heterocycles. The topological polar surface area (TPSA) is 76.0 Å². The van der Waals surface area contributed by atoms with E-state index >= 15 is 0 Å². The van der Waals surface area contributed by atoms with Gasteiger partial charge in [0.05, 0.1) is 12.2 Å². The Morgan fingerprint density at radius 2 is 1.53 bits per heavy atom. The summed E-state index contributed by atoms with van der Waals surface area (Å²) in [4.78, 5) is 12.9. The summed E-state index contributed by atoms with van der Waals surface area (Å²) >= 11 is 0. The molecule has 5 nitrogen and oxygen atoms in total. The van der Waals surface area contributed by atoms with Crippen molar-refractivity contribution in [2.24, 2.45) is 0 Å². The molecule has 3 aromatic rings. The number of ether oxygens (including phenoxy) is 2. The van der Waals surface area contributed by atoms with Crippen LogP contribution >= 0.6 is 0 Å². The molecule has 0 spiro atoms. The highest BCUT2D eigenvalue weighted by Gasteiger charge is 2.28. The molecule has 0 bridgehead atoms. The highest BCUT2D eigenvalue weighted by molar-refractivity contribution is 6.02. The average Bonchev–Trinajstić information content (AvgIpc) is 2.81. The zero-order valence-electron chi connectivity index (χ0n) is 16.9. The van der Waals surface area contributed by atoms with Gasteiger partial charge in [0.15, 0.2) is 5.78 Å². The molecule has 0 saturated carbocycles. The number of aliphatic hydroxyl groups excluding tert-OH is 2. The Morgan fingerprint density at radius 1 is 0.867 bits per heavy atom. The first kappa shape index (κ1) is 21.6. The normalized spacial score (nSPS) is 12.8. The minimum Gasteiger partial charge on any atom is -0.494 e. The lowest BCUT2D eigenvalue weighted by Gasteiger charge is -2.19. The van der Waals surface area contributed by atoms with Crippen molar-refractivity contribution in [2.45, 2.75) is 32.2 Å². The van der Waals surface area contributed by atoms with E-state index in [9.17, 15) is 15.0 Å². The molecule has 30 heavy (non-hydrogen) atoms. The second kappa shape index (κ2) is 10.6. The average molecular weight is 406 g/mol. The number of benzene rings is 3. The van der Waals surface area contributed by atoms with E-state index in [1.54, 1.807) is 48.5 Å². The lowest BCUT2D eigenvalue weighted by Crippen LogP contribution is -2.28. The molecule has 0 aliphatic carbocycles. The largest absolute Gasteiger partial charge is 0.494 e. The molecule has 0 radical (unpaired) electrons. The van der Waals surface area contributed by atoms with Crippen LogP contribution < -0.4 is 9.47 Å². The van der Waals surface area contributed by atoms with Crippen molar-refractivity contribution in [1.29, 1.82) is 0 Å². The van der Waals surface area contributed by atoms with Crippen molar-refractivity contribution in [3.63, 3.8) is 0 Å². The van der Waals surface area contributed by atoms with Gasteiger partial charge in [0.25, 0.3) is 0 Å². The van der Waals surface area contributed by atoms with E-state index in [2.05, 4.69) is 0 Å². The van der Waals surface area contributed by atoms with Crippen LogP contribution in [0.25, 0.3) is 0 Å². The molecule has 2 atom stereocenters. The molecule has 2 N–H and O–H groups in total. The zero-order valence-corrected chi connectivity index (χ0v) is 16.9. The first-order chi connectivity index (χ1) is 14.6. The molecule has 2 unspecified atom stereocenters. The van der Waals surface area contributed by atoms with Gasteiger partial charge in [-0.25, -0.2) is 0 Å². The SMILES string of the molecule is CCCOc1ccc(C(O)C(O)C(=O)c2ccccc2OCc2ccccc2)cc1. The molecular weight excluding hydrogens is 380 g/mol. The van der Waals surface area contributed by atoms with E-state index in [0.29, 0.717) is 30.3 Å². The van der Waals surface area contributed by atoms with Crippen molar-refractivity contribution in [1.82, 2.24) is 0 Å². The summed E-state index contributed by atoms with van der Waals surface area (Å²) in [6.45, 7) is 2.91. The van der Waals surface area contributed by atoms with Crippen molar-refractivity contribution in [3.05, 3.63) is 95.6 Å². The first-order valence-electron chi connectivity index (χ1n) is 9.99. The quantitative estimate of drug-likeness (QED) is 0.490. The maximum atomic E-state index is 12.9. The molecular formula is C25H26O5. The third kappa shape index (κ3) is 5.47. The fourth-order valence-corrected chi connectivity index (χ4v) is 3.00. The standard InChI is InChI=1S/C25H26O5/c1-2-16-29-20-14-12-19(13-15-20)23(26)25(28)24(27)21-10-6-7-11-22(21)30-17-18-8-4-3-5-9-18/h3-15,23,25-26,28H,2,16-17H2,1H3. The van der Waals surface area contributed by atoms with E-state index in [0.717, 1.165) is 12.0 Å². The van der Waals surface area contributed by atoms with Crippen LogP contribution in [0.4, 0.5) is 0 Å². The summed E-state index contributed by atoms with van der Waals surface area (Å²) in [6, 6.07) is 23.0. The van der Waals surface area contributed by atoms with E-state index in [4.69, 9.17) is 9.47 Å². The first-order valence-corrected chi connectivity index (χ1v) is 9.99. The van der Waals surface area contributed by atoms with Gasteiger partial charge in [-0.15, -0.1) is 0 Å². The number of para-hydroxylation sites is 1. The highest BCUT2D eigenvalue weighted by atomic mass is 16.5. The van der Waals surface area contributed by atoms with Crippen LogP contribution in [0.15, 0.2) is 78.9 Å². The minimum atomic E-state index is -1.62. The third-order valence-corrected chi connectivity index (χ3v) is 4.65. The van der Waals surface area contributed by atoms with Crippen LogP contribution in [0, 0.1) is 0 Å². The Labute approximate surface area is 176 Å². The number of hydrogen-bond donors (Lipinski definition) is 2. The van der Waals surface area contributed by atoms with E-state index < -0.39 is 18.0 Å². The van der Waals surface area contributed by atoms with Gasteiger partial charge < -0.3 is 19.7 Å². The molecule has 0 heterocycles. The van der Waals surface area contributed by atoms with Gasteiger partial charge in [-0.05, 0) is 41.8 Å². The van der Waals surface area contributed by atoms with Crippen LogP contribution in [0.1, 0.15) is 40.9 Å². The number of Topliss-reactive ketones (excluding diaryl/α,β-unsaturated/α-hetero) is 1. The van der Waals surface area contributed by atoms with Gasteiger partial charge in [0.2, 0.25) is 0 Å². The summed E-state index contributed by atoms with van der Waals surface area (Å²) in [5, 5.41) is 21.1.